The normalized spacial score (nSPS) is 13.3. The molecule has 0 atom stereocenters. The van der Waals surface area contributed by atoms with E-state index in [1.165, 1.54) is 18.9 Å². The summed E-state index contributed by atoms with van der Waals surface area (Å²) in [5.74, 6) is -0.188. The fourth-order valence-electron chi connectivity index (χ4n) is 2.75. The summed E-state index contributed by atoms with van der Waals surface area (Å²) in [6.45, 7) is 2.44. The molecule has 2 aromatic rings. The number of hydrogen-bond donors (Lipinski definition) is 1. The number of nitrogens with one attached hydrogen (secondary N) is 1. The van der Waals surface area contributed by atoms with E-state index < -0.39 is 5.97 Å². The fourth-order valence-corrected chi connectivity index (χ4v) is 2.75. The van der Waals surface area contributed by atoms with E-state index in [0.29, 0.717) is 23.7 Å². The molecule has 1 aliphatic heterocycles. The number of hydrogen-bond acceptors (Lipinski definition) is 5. The molecule has 0 saturated carbocycles. The number of esters is 1. The number of ether oxygens (including phenoxy) is 2. The van der Waals surface area contributed by atoms with Gasteiger partial charge in [0.25, 0.3) is 5.91 Å². The summed E-state index contributed by atoms with van der Waals surface area (Å²) < 4.78 is 11.5. The molecule has 1 N–H and O–H groups in total. The highest BCUT2D eigenvalue weighted by molar-refractivity contribution is 5.98. The average Bonchev–Trinajstić information content (AvgIpc) is 2.92. The maximum Gasteiger partial charge on any atom is 0.340 e. The Morgan fingerprint density at radius 2 is 2.13 bits per heavy atom. The second kappa shape index (κ2) is 5.75. The number of nitrogens with zero attached hydrogens (tertiary/aromatic N) is 2. The minimum absolute atomic E-state index is 0.196. The smallest absolute Gasteiger partial charge is 0.340 e. The molecule has 0 bridgehead atoms. The maximum absolute atomic E-state index is 12.3. The second-order valence-electron chi connectivity index (χ2n) is 5.20. The Bertz CT molecular complexity index is 795. The van der Waals surface area contributed by atoms with Gasteiger partial charge in [-0.1, -0.05) is 0 Å². The summed E-state index contributed by atoms with van der Waals surface area (Å²) in [7, 11) is 2.82. The number of aryl methyl sites for hydroxylation is 1. The van der Waals surface area contributed by atoms with Crippen LogP contribution in [0.3, 0.4) is 0 Å². The fraction of sp³-hybridized carbons (Fsp3) is 0.312. The third-order valence-corrected chi connectivity index (χ3v) is 3.90. The lowest BCUT2D eigenvalue weighted by atomic mass is 10.1. The van der Waals surface area contributed by atoms with Crippen molar-refractivity contribution in [3.05, 3.63) is 40.7 Å². The van der Waals surface area contributed by atoms with Crippen LogP contribution in [0, 0.1) is 6.92 Å². The van der Waals surface area contributed by atoms with Gasteiger partial charge >= 0.3 is 5.97 Å². The molecule has 0 radical (unpaired) electrons. The minimum Gasteiger partial charge on any atom is -0.497 e. The molecule has 7 nitrogen and oxygen atoms in total. The molecule has 0 aliphatic carbocycles. The summed E-state index contributed by atoms with van der Waals surface area (Å²) in [6.07, 6.45) is 0.719. The zero-order valence-corrected chi connectivity index (χ0v) is 13.2. The predicted octanol–water partition coefficient (Wildman–Crippen LogP) is 1.26. The first-order chi connectivity index (χ1) is 11.1. The van der Waals surface area contributed by atoms with Crippen molar-refractivity contribution < 1.29 is 19.1 Å². The molecule has 0 unspecified atom stereocenters. The first kappa shape index (κ1) is 15.1. The van der Waals surface area contributed by atoms with Gasteiger partial charge in [-0.25, -0.2) is 9.48 Å². The third-order valence-electron chi connectivity index (χ3n) is 3.90. The monoisotopic (exact) mass is 315 g/mol. The molecule has 1 aromatic heterocycles. The van der Waals surface area contributed by atoms with Crippen LogP contribution in [0.2, 0.25) is 0 Å². The average molecular weight is 315 g/mol. The zero-order valence-electron chi connectivity index (χ0n) is 13.2. The number of methoxy groups -OCH3 is 2. The van der Waals surface area contributed by atoms with Gasteiger partial charge in [0.15, 0.2) is 0 Å². The van der Waals surface area contributed by atoms with Crippen molar-refractivity contribution in [1.29, 1.82) is 0 Å². The highest BCUT2D eigenvalue weighted by Gasteiger charge is 2.28. The van der Waals surface area contributed by atoms with Crippen LogP contribution in [0.15, 0.2) is 18.2 Å². The van der Waals surface area contributed by atoms with Crippen molar-refractivity contribution in [2.75, 3.05) is 20.8 Å². The van der Waals surface area contributed by atoms with Crippen LogP contribution in [-0.2, 0) is 11.2 Å². The van der Waals surface area contributed by atoms with Gasteiger partial charge in [0.2, 0.25) is 0 Å². The van der Waals surface area contributed by atoms with Crippen molar-refractivity contribution in [2.24, 2.45) is 0 Å². The Hall–Kier alpha value is -2.83. The summed E-state index contributed by atoms with van der Waals surface area (Å²) >= 11 is 0. The van der Waals surface area contributed by atoms with Gasteiger partial charge < -0.3 is 14.8 Å². The zero-order chi connectivity index (χ0) is 16.6. The van der Waals surface area contributed by atoms with Crippen molar-refractivity contribution in [1.82, 2.24) is 15.1 Å². The number of fused-ring (bicyclic) bond motifs is 1. The minimum atomic E-state index is -0.517. The topological polar surface area (TPSA) is 82.5 Å². The summed E-state index contributed by atoms with van der Waals surface area (Å²) in [6, 6.07) is 4.98. The van der Waals surface area contributed by atoms with Crippen LogP contribution in [-0.4, -0.2) is 42.4 Å². The molecular formula is C16H17N3O4. The largest absolute Gasteiger partial charge is 0.497 e. The van der Waals surface area contributed by atoms with Crippen LogP contribution in [0.25, 0.3) is 5.69 Å². The van der Waals surface area contributed by atoms with Crippen molar-refractivity contribution in [3.63, 3.8) is 0 Å². The molecule has 1 aliphatic rings. The molecule has 2 heterocycles. The van der Waals surface area contributed by atoms with Gasteiger partial charge in [0, 0.05) is 12.1 Å². The molecule has 3 rings (SSSR count). The number of benzene rings is 1. The van der Waals surface area contributed by atoms with E-state index in [-0.39, 0.29) is 11.5 Å². The Labute approximate surface area is 133 Å². The molecular weight excluding hydrogens is 298 g/mol. The SMILES string of the molecule is COC(=O)c1cc(OC)ccc1-n1nc(C)c2c1C(=O)NCC2. The highest BCUT2D eigenvalue weighted by Crippen LogP contribution is 2.26. The number of amides is 1. The van der Waals surface area contributed by atoms with Gasteiger partial charge in [0.05, 0.1) is 31.2 Å². The molecule has 1 amide bonds. The van der Waals surface area contributed by atoms with E-state index in [2.05, 4.69) is 10.4 Å². The van der Waals surface area contributed by atoms with Crippen LogP contribution < -0.4 is 10.1 Å². The van der Waals surface area contributed by atoms with E-state index in [1.54, 1.807) is 18.2 Å². The van der Waals surface area contributed by atoms with Gasteiger partial charge in [-0.2, -0.15) is 5.10 Å². The lowest BCUT2D eigenvalue weighted by molar-refractivity contribution is 0.0599. The van der Waals surface area contributed by atoms with Crippen molar-refractivity contribution in [3.8, 4) is 11.4 Å². The summed E-state index contributed by atoms with van der Waals surface area (Å²) in [5, 5.41) is 7.26. The number of rotatable bonds is 3. The van der Waals surface area contributed by atoms with E-state index in [4.69, 9.17) is 9.47 Å². The number of carbonyl (C=O) groups excluding carboxylic acids is 2. The molecule has 0 saturated heterocycles. The number of carbonyl (C=O) groups is 2. The van der Waals surface area contributed by atoms with Crippen molar-refractivity contribution >= 4 is 11.9 Å². The first-order valence-corrected chi connectivity index (χ1v) is 7.20. The first-order valence-electron chi connectivity index (χ1n) is 7.20. The Kier molecular flexibility index (Phi) is 3.77. The lowest BCUT2D eigenvalue weighted by Gasteiger charge is -2.16. The lowest BCUT2D eigenvalue weighted by Crippen LogP contribution is -2.33. The molecule has 1 aromatic carbocycles. The number of aromatic nitrogens is 2. The maximum atomic E-state index is 12.3. The molecule has 120 valence electrons. The van der Waals surface area contributed by atoms with E-state index >= 15 is 0 Å². The predicted molar refractivity (Wildman–Crippen MR) is 82.2 cm³/mol. The summed E-state index contributed by atoms with van der Waals surface area (Å²) in [5.41, 5.74) is 2.92. The molecule has 0 spiro atoms. The van der Waals surface area contributed by atoms with Crippen LogP contribution >= 0.6 is 0 Å². The third kappa shape index (κ3) is 2.44. The quantitative estimate of drug-likeness (QED) is 0.862. The standard InChI is InChI=1S/C16H17N3O4/c1-9-11-6-7-17-15(20)14(11)19(18-9)13-5-4-10(22-2)8-12(13)16(21)23-3/h4-5,8H,6-7H2,1-3H3,(H,17,20). The van der Waals surface area contributed by atoms with Crippen molar-refractivity contribution in [2.45, 2.75) is 13.3 Å². The second-order valence-corrected chi connectivity index (χ2v) is 5.20. The van der Waals surface area contributed by atoms with Gasteiger partial charge in [-0.05, 0) is 31.5 Å². The van der Waals surface area contributed by atoms with Gasteiger partial charge in [-0.3, -0.25) is 4.79 Å². The van der Waals surface area contributed by atoms with E-state index in [0.717, 1.165) is 17.7 Å². The van der Waals surface area contributed by atoms with Crippen LogP contribution in [0.4, 0.5) is 0 Å². The van der Waals surface area contributed by atoms with Crippen LogP contribution in [0.5, 0.6) is 5.75 Å². The summed E-state index contributed by atoms with van der Waals surface area (Å²) in [4.78, 5) is 24.4. The van der Waals surface area contributed by atoms with Gasteiger partial charge in [-0.15, -0.1) is 0 Å². The van der Waals surface area contributed by atoms with Gasteiger partial charge in [0.1, 0.15) is 11.4 Å². The van der Waals surface area contributed by atoms with E-state index in [1.807, 2.05) is 6.92 Å². The molecule has 7 heteroatoms. The Balaban J connectivity index is 2.23. The molecule has 0 fully saturated rings. The Morgan fingerprint density at radius 1 is 1.35 bits per heavy atom. The highest BCUT2D eigenvalue weighted by atomic mass is 16.5. The Morgan fingerprint density at radius 3 is 2.83 bits per heavy atom. The van der Waals surface area contributed by atoms with E-state index in [9.17, 15) is 9.59 Å². The molecule has 23 heavy (non-hydrogen) atoms. The van der Waals surface area contributed by atoms with Crippen LogP contribution in [0.1, 0.15) is 32.1 Å².